The van der Waals surface area contributed by atoms with Crippen LogP contribution in [0, 0.1) is 0 Å². The molecule has 0 saturated carbocycles. The van der Waals surface area contributed by atoms with E-state index in [1.165, 1.54) is 40.7 Å². The van der Waals surface area contributed by atoms with Gasteiger partial charge in [0.15, 0.2) is 10.8 Å². The van der Waals surface area contributed by atoms with Gasteiger partial charge in [0.05, 0.1) is 6.26 Å². The van der Waals surface area contributed by atoms with Crippen molar-refractivity contribution in [2.24, 2.45) is 12.2 Å². The van der Waals surface area contributed by atoms with E-state index in [2.05, 4.69) is 35.7 Å². The molecule has 2 aromatic rings. The summed E-state index contributed by atoms with van der Waals surface area (Å²) in [5, 5.41) is 28.4. The molecule has 0 aromatic carbocycles. The fraction of sp³-hybridized carbons (Fsp3) is 0.412. The number of nitrogens with zero attached hydrogens (tertiary/aromatic N) is 7. The Bertz CT molecular complexity index is 1420. The lowest BCUT2D eigenvalue weighted by atomic mass is 10.0. The minimum absolute atomic E-state index is 0.0153. The number of hydrogen-bond donors (Lipinski definition) is 3. The van der Waals surface area contributed by atoms with Crippen molar-refractivity contribution < 1.29 is 32.7 Å². The molecule has 0 radical (unpaired) electrons. The number of aromatic nitrogens is 5. The van der Waals surface area contributed by atoms with Crippen molar-refractivity contribution in [2.45, 2.75) is 16.6 Å². The highest BCUT2D eigenvalue weighted by Crippen LogP contribution is 2.41. The molecule has 198 valence electrons. The number of sulfonamides is 1. The molecular weight excluding hydrogens is 571 g/mol. The smallest absolute Gasteiger partial charge is 0.352 e. The Morgan fingerprint density at radius 1 is 1.41 bits per heavy atom. The number of carbonyl (C=O) groups is 3. The molecule has 1 saturated heterocycles. The number of thiazole rings is 1. The van der Waals surface area contributed by atoms with Gasteiger partial charge in [-0.25, -0.2) is 22.9 Å². The van der Waals surface area contributed by atoms with Gasteiger partial charge in [0, 0.05) is 23.9 Å². The molecule has 37 heavy (non-hydrogen) atoms. The summed E-state index contributed by atoms with van der Waals surface area (Å²) in [7, 11) is -0.717. The monoisotopic (exact) mass is 589 g/mol. The molecule has 2 aromatic heterocycles. The predicted molar refractivity (Wildman–Crippen MR) is 133 cm³/mol. The summed E-state index contributed by atoms with van der Waals surface area (Å²) in [6, 6.07) is -1.02. The molecule has 3 N–H and O–H groups in total. The Morgan fingerprint density at radius 2 is 2.16 bits per heavy atom. The van der Waals surface area contributed by atoms with Crippen LogP contribution in [0.2, 0.25) is 0 Å². The van der Waals surface area contributed by atoms with Crippen molar-refractivity contribution in [3.63, 3.8) is 0 Å². The Labute approximate surface area is 221 Å². The number of aliphatic carboxylic acids is 1. The highest BCUT2D eigenvalue weighted by atomic mass is 32.2. The molecular formula is C17H19N9O7S4. The van der Waals surface area contributed by atoms with E-state index in [9.17, 15) is 27.9 Å². The fourth-order valence-corrected chi connectivity index (χ4v) is 7.27. The first-order valence-corrected chi connectivity index (χ1v) is 14.9. The van der Waals surface area contributed by atoms with Gasteiger partial charge >= 0.3 is 5.97 Å². The largest absolute Gasteiger partial charge is 0.477 e. The molecule has 1 unspecified atom stereocenters. The zero-order chi connectivity index (χ0) is 26.9. The number of amides is 2. The summed E-state index contributed by atoms with van der Waals surface area (Å²) in [6.45, 7) is 0. The van der Waals surface area contributed by atoms with E-state index in [-0.39, 0.29) is 28.0 Å². The van der Waals surface area contributed by atoms with Crippen LogP contribution in [-0.2, 0) is 36.3 Å². The Kier molecular flexibility index (Phi) is 7.71. The average molecular weight is 590 g/mol. The van der Waals surface area contributed by atoms with Gasteiger partial charge < -0.3 is 15.3 Å². The molecule has 1 fully saturated rings. The van der Waals surface area contributed by atoms with E-state index in [1.54, 1.807) is 7.05 Å². The second-order valence-corrected chi connectivity index (χ2v) is 12.2. The Hall–Kier alpha value is -3.23. The molecule has 0 spiro atoms. The van der Waals surface area contributed by atoms with Crippen molar-refractivity contribution >= 4 is 73.5 Å². The van der Waals surface area contributed by atoms with Crippen LogP contribution in [0.4, 0.5) is 5.13 Å². The van der Waals surface area contributed by atoms with Crippen molar-refractivity contribution in [3.05, 3.63) is 22.3 Å². The van der Waals surface area contributed by atoms with Gasteiger partial charge in [0.25, 0.3) is 11.8 Å². The molecule has 4 heterocycles. The number of rotatable bonds is 10. The second-order valence-electron chi connectivity index (χ2n) is 7.53. The van der Waals surface area contributed by atoms with Gasteiger partial charge in [-0.2, -0.15) is 0 Å². The number of thioether (sulfide) groups is 2. The number of aryl methyl sites for hydroxylation is 1. The molecule has 20 heteroatoms. The number of tetrazole rings is 1. The molecule has 16 nitrogen and oxygen atoms in total. The quantitative estimate of drug-likeness (QED) is 0.130. The lowest BCUT2D eigenvalue weighted by Gasteiger charge is -2.49. The van der Waals surface area contributed by atoms with E-state index < -0.39 is 39.2 Å². The lowest BCUT2D eigenvalue weighted by Crippen LogP contribution is -2.71. The minimum atomic E-state index is -3.58. The first-order chi connectivity index (χ1) is 17.5. The Morgan fingerprint density at radius 3 is 2.78 bits per heavy atom. The summed E-state index contributed by atoms with van der Waals surface area (Å²) < 4.78 is 26.5. The highest BCUT2D eigenvalue weighted by molar-refractivity contribution is 8.01. The minimum Gasteiger partial charge on any atom is -0.477 e. The first kappa shape index (κ1) is 26.8. The van der Waals surface area contributed by atoms with Crippen molar-refractivity contribution in [1.82, 2.24) is 35.4 Å². The van der Waals surface area contributed by atoms with E-state index in [4.69, 9.17) is 4.84 Å². The molecule has 2 aliphatic heterocycles. The average Bonchev–Trinajstić information content (AvgIpc) is 3.45. The number of β-lactam (4-membered cyclic amide) rings is 1. The number of nitrogens with one attached hydrogen (secondary N) is 2. The molecule has 0 aliphatic carbocycles. The summed E-state index contributed by atoms with van der Waals surface area (Å²) in [5.74, 6) is -2.08. The number of fused-ring (bicyclic) bond motifs is 1. The van der Waals surface area contributed by atoms with Gasteiger partial charge in [-0.05, 0) is 16.0 Å². The number of oxime groups is 1. The molecule has 0 bridgehead atoms. The van der Waals surface area contributed by atoms with Crippen LogP contribution in [0.3, 0.4) is 0 Å². The second kappa shape index (κ2) is 10.6. The van der Waals surface area contributed by atoms with Crippen LogP contribution < -0.4 is 10.0 Å². The van der Waals surface area contributed by atoms with Gasteiger partial charge in [-0.1, -0.05) is 16.9 Å². The molecule has 2 aliphatic rings. The predicted octanol–water partition coefficient (Wildman–Crippen LogP) is -1.08. The first-order valence-electron chi connectivity index (χ1n) is 10.1. The van der Waals surface area contributed by atoms with Crippen molar-refractivity contribution in [2.75, 3.05) is 29.6 Å². The van der Waals surface area contributed by atoms with Crippen LogP contribution in [0.15, 0.2) is 27.0 Å². The molecule has 4 rings (SSSR count). The maximum atomic E-state index is 13.0. The van der Waals surface area contributed by atoms with Crippen LogP contribution in [0.5, 0.6) is 0 Å². The fourth-order valence-electron chi connectivity index (χ4n) is 3.38. The van der Waals surface area contributed by atoms with Crippen molar-refractivity contribution in [3.8, 4) is 0 Å². The third-order valence-electron chi connectivity index (χ3n) is 4.91. The van der Waals surface area contributed by atoms with Gasteiger partial charge in [-0.15, -0.1) is 28.2 Å². The SMILES string of the molecule is CON=C(C(=O)NC1C(=O)N2C(C(=O)O)=C(CSc3nnnn3C)CS[C@H]12)c1csc(NS(C)(=O)=O)n1. The van der Waals surface area contributed by atoms with Gasteiger partial charge in [-0.3, -0.25) is 19.2 Å². The zero-order valence-electron chi connectivity index (χ0n) is 19.3. The number of carboxylic acid groups (broad SMARTS) is 1. The van der Waals surface area contributed by atoms with Crippen LogP contribution in [0.1, 0.15) is 5.69 Å². The van der Waals surface area contributed by atoms with Crippen LogP contribution in [0.25, 0.3) is 0 Å². The normalized spacial score (nSPS) is 19.8. The van der Waals surface area contributed by atoms with E-state index in [1.807, 2.05) is 0 Å². The Balaban J connectivity index is 1.48. The van der Waals surface area contributed by atoms with Crippen molar-refractivity contribution in [1.29, 1.82) is 0 Å². The number of hydrogen-bond acceptors (Lipinski definition) is 14. The van der Waals surface area contributed by atoms with E-state index in [0.717, 1.165) is 22.5 Å². The number of carboxylic acids is 1. The van der Waals surface area contributed by atoms with Gasteiger partial charge in [0.2, 0.25) is 15.2 Å². The summed E-state index contributed by atoms with van der Waals surface area (Å²) in [6.07, 6.45) is 0.956. The number of carbonyl (C=O) groups excluding carboxylic acids is 2. The highest BCUT2D eigenvalue weighted by Gasteiger charge is 2.54. The maximum absolute atomic E-state index is 13.0. The molecule has 2 atom stereocenters. The molecule has 2 amide bonds. The van der Waals surface area contributed by atoms with E-state index >= 15 is 0 Å². The lowest BCUT2D eigenvalue weighted by molar-refractivity contribution is -0.150. The third-order valence-corrected chi connectivity index (χ3v) is 8.80. The third kappa shape index (κ3) is 5.70. The summed E-state index contributed by atoms with van der Waals surface area (Å²) in [5.41, 5.74) is 0.133. The summed E-state index contributed by atoms with van der Waals surface area (Å²) in [4.78, 5) is 47.9. The van der Waals surface area contributed by atoms with Gasteiger partial charge in [0.1, 0.15) is 29.9 Å². The summed E-state index contributed by atoms with van der Waals surface area (Å²) >= 11 is 3.47. The topological polar surface area (TPSA) is 211 Å². The maximum Gasteiger partial charge on any atom is 0.352 e. The number of anilines is 1. The van der Waals surface area contributed by atoms with Crippen LogP contribution >= 0.6 is 34.9 Å². The standard InChI is InChI=1S/C17H19N9O7S4/c1-25-17(20-23-24-25)36-5-7-4-34-14-10(13(28)26(14)11(7)15(29)30)19-12(27)9(21-33-2)8-6-35-16(18-8)22-37(3,31)32/h6,10,14H,4-5H2,1-3H3,(H,18,22)(H,19,27)(H,29,30)/t10?,14-/m1/s1. The zero-order valence-corrected chi connectivity index (χ0v) is 22.6. The van der Waals surface area contributed by atoms with Crippen LogP contribution in [-0.4, -0.2) is 103 Å². The van der Waals surface area contributed by atoms with E-state index in [0.29, 0.717) is 16.5 Å².